The third-order valence-electron chi connectivity index (χ3n) is 1.59. The van der Waals surface area contributed by atoms with E-state index in [0.29, 0.717) is 0 Å². The summed E-state index contributed by atoms with van der Waals surface area (Å²) in [5.74, 6) is 1.35. The van der Waals surface area contributed by atoms with Crippen LogP contribution < -0.4 is 0 Å². The molecule has 1 rings (SSSR count). The van der Waals surface area contributed by atoms with Gasteiger partial charge in [-0.05, 0) is 12.8 Å². The molecule has 0 aliphatic carbocycles. The zero-order valence-corrected chi connectivity index (χ0v) is 6.91. The van der Waals surface area contributed by atoms with Crippen LogP contribution in [0.3, 0.4) is 0 Å². The molecule has 0 radical (unpaired) electrons. The fraction of sp³-hybridized carbons (Fsp3) is 1.00. The molecule has 0 aromatic rings. The van der Waals surface area contributed by atoms with E-state index in [4.69, 9.17) is 0 Å². The lowest BCUT2D eigenvalue weighted by molar-refractivity contribution is 0.479. The van der Waals surface area contributed by atoms with Crippen molar-refractivity contribution < 1.29 is 0 Å². The Balaban J connectivity index is 1.98. The average Bonchev–Trinajstić information content (AvgIpc) is 2.34. The van der Waals surface area contributed by atoms with Gasteiger partial charge < -0.3 is 0 Å². The molecule has 0 N–H and O–H groups in total. The van der Waals surface area contributed by atoms with E-state index in [1.54, 1.807) is 0 Å². The van der Waals surface area contributed by atoms with E-state index in [9.17, 15) is 0 Å². The summed E-state index contributed by atoms with van der Waals surface area (Å²) >= 11 is 2.02. The highest BCUT2D eigenvalue weighted by molar-refractivity contribution is 7.97. The van der Waals surface area contributed by atoms with E-state index in [0.717, 1.165) is 0 Å². The van der Waals surface area contributed by atoms with Crippen molar-refractivity contribution >= 4 is 11.9 Å². The molecule has 1 heterocycles. The largest absolute Gasteiger partial charge is 0.251 e. The summed E-state index contributed by atoms with van der Waals surface area (Å²) in [5, 5.41) is 0. The van der Waals surface area contributed by atoms with Crippen LogP contribution in [0.5, 0.6) is 0 Å². The van der Waals surface area contributed by atoms with Crippen molar-refractivity contribution in [3.05, 3.63) is 0 Å². The minimum Gasteiger partial charge on any atom is -0.251 e. The Morgan fingerprint density at radius 1 is 1.56 bits per heavy atom. The number of hydrogen-bond acceptors (Lipinski definition) is 2. The lowest BCUT2D eigenvalue weighted by Gasteiger charge is -2.10. The quantitative estimate of drug-likeness (QED) is 0.560. The number of nitrogens with zero attached hydrogens (tertiary/aromatic N) is 1. The Morgan fingerprint density at radius 3 is 3.00 bits per heavy atom. The first-order valence-corrected chi connectivity index (χ1v) is 4.75. The van der Waals surface area contributed by atoms with Gasteiger partial charge in [0, 0.05) is 18.8 Å². The van der Waals surface area contributed by atoms with Crippen molar-refractivity contribution in [2.24, 2.45) is 0 Å². The second-order valence-electron chi connectivity index (χ2n) is 2.47. The van der Waals surface area contributed by atoms with Crippen molar-refractivity contribution in [1.29, 1.82) is 0 Å². The third kappa shape index (κ3) is 2.59. The average molecular weight is 145 g/mol. The van der Waals surface area contributed by atoms with E-state index < -0.39 is 0 Å². The van der Waals surface area contributed by atoms with Crippen molar-refractivity contribution in [1.82, 2.24) is 4.31 Å². The highest BCUT2D eigenvalue weighted by Crippen LogP contribution is 2.19. The summed E-state index contributed by atoms with van der Waals surface area (Å²) in [6.45, 7) is 4.88. The highest BCUT2D eigenvalue weighted by Gasteiger charge is 2.10. The summed E-state index contributed by atoms with van der Waals surface area (Å²) in [6, 6.07) is 0. The highest BCUT2D eigenvalue weighted by atomic mass is 32.2. The molecule has 0 atom stereocenters. The van der Waals surface area contributed by atoms with Crippen LogP contribution in [0.1, 0.15) is 26.2 Å². The molecule has 0 bridgehead atoms. The summed E-state index contributed by atoms with van der Waals surface area (Å²) in [6.07, 6.45) is 4.10. The Bertz CT molecular complexity index is 69.3. The van der Waals surface area contributed by atoms with E-state index in [1.807, 2.05) is 11.9 Å². The number of rotatable bonds is 3. The van der Waals surface area contributed by atoms with Crippen LogP contribution in [0.25, 0.3) is 0 Å². The van der Waals surface area contributed by atoms with Gasteiger partial charge in [0.2, 0.25) is 0 Å². The number of unbranched alkanes of at least 4 members (excludes halogenated alkanes) is 1. The molecule has 0 amide bonds. The molecule has 0 unspecified atom stereocenters. The second-order valence-corrected chi connectivity index (χ2v) is 3.65. The molecule has 0 spiro atoms. The summed E-state index contributed by atoms with van der Waals surface area (Å²) < 4.78 is 2.49. The lowest BCUT2D eigenvalue weighted by Crippen LogP contribution is -2.12. The molecule has 9 heavy (non-hydrogen) atoms. The van der Waals surface area contributed by atoms with Gasteiger partial charge in [-0.15, -0.1) is 0 Å². The minimum atomic E-state index is 1.31. The Hall–Kier alpha value is 0.310. The van der Waals surface area contributed by atoms with Gasteiger partial charge in [-0.1, -0.05) is 25.3 Å². The SMILES string of the molecule is CCCCN1CCCS1. The van der Waals surface area contributed by atoms with Gasteiger partial charge in [0.25, 0.3) is 0 Å². The monoisotopic (exact) mass is 145 g/mol. The Labute approximate surface area is 61.9 Å². The molecule has 0 aromatic heterocycles. The fourth-order valence-electron chi connectivity index (χ4n) is 1.01. The molecule has 54 valence electrons. The van der Waals surface area contributed by atoms with E-state index in [-0.39, 0.29) is 0 Å². The molecule has 0 saturated carbocycles. The predicted octanol–water partition coefficient (Wildman–Crippen LogP) is 2.14. The van der Waals surface area contributed by atoms with Gasteiger partial charge in [0.05, 0.1) is 0 Å². The predicted molar refractivity (Wildman–Crippen MR) is 43.6 cm³/mol. The first kappa shape index (κ1) is 7.42. The summed E-state index contributed by atoms with van der Waals surface area (Å²) in [4.78, 5) is 0. The normalized spacial score (nSPS) is 21.0. The van der Waals surface area contributed by atoms with Crippen molar-refractivity contribution in [3.8, 4) is 0 Å². The lowest BCUT2D eigenvalue weighted by atomic mass is 10.3. The maximum atomic E-state index is 2.49. The van der Waals surface area contributed by atoms with Crippen molar-refractivity contribution in [2.75, 3.05) is 18.8 Å². The van der Waals surface area contributed by atoms with Crippen LogP contribution in [0.15, 0.2) is 0 Å². The molecule has 0 aromatic carbocycles. The van der Waals surface area contributed by atoms with Crippen molar-refractivity contribution in [2.45, 2.75) is 26.2 Å². The third-order valence-corrected chi connectivity index (χ3v) is 2.79. The zero-order valence-electron chi connectivity index (χ0n) is 6.10. The molecule has 2 heteroatoms. The van der Waals surface area contributed by atoms with Gasteiger partial charge >= 0.3 is 0 Å². The maximum Gasteiger partial charge on any atom is 0.00976 e. The molecular formula is C7H15NS. The van der Waals surface area contributed by atoms with Crippen LogP contribution in [0.2, 0.25) is 0 Å². The maximum absolute atomic E-state index is 2.49. The molecular weight excluding hydrogens is 130 g/mol. The topological polar surface area (TPSA) is 3.24 Å². The first-order chi connectivity index (χ1) is 4.43. The van der Waals surface area contributed by atoms with Gasteiger partial charge in [-0.3, -0.25) is 4.31 Å². The first-order valence-electron chi connectivity index (χ1n) is 3.81. The molecule has 1 fully saturated rings. The van der Waals surface area contributed by atoms with Crippen LogP contribution in [0, 0.1) is 0 Å². The van der Waals surface area contributed by atoms with E-state index >= 15 is 0 Å². The van der Waals surface area contributed by atoms with E-state index in [1.165, 1.54) is 38.1 Å². The smallest absolute Gasteiger partial charge is 0.00976 e. The van der Waals surface area contributed by atoms with Crippen molar-refractivity contribution in [3.63, 3.8) is 0 Å². The second kappa shape index (κ2) is 4.18. The van der Waals surface area contributed by atoms with Gasteiger partial charge in [0.15, 0.2) is 0 Å². The van der Waals surface area contributed by atoms with Crippen LogP contribution in [0.4, 0.5) is 0 Å². The summed E-state index contributed by atoms with van der Waals surface area (Å²) in [5.41, 5.74) is 0. The standard InChI is InChI=1S/C7H15NS/c1-2-3-5-8-6-4-7-9-8/h2-7H2,1H3. The van der Waals surface area contributed by atoms with Crippen LogP contribution in [-0.2, 0) is 0 Å². The zero-order chi connectivity index (χ0) is 6.53. The molecule has 1 saturated heterocycles. The Morgan fingerprint density at radius 2 is 2.44 bits per heavy atom. The molecule has 1 nitrogen and oxygen atoms in total. The Kier molecular flexibility index (Phi) is 3.44. The van der Waals surface area contributed by atoms with Crippen LogP contribution in [-0.4, -0.2) is 23.1 Å². The molecule has 1 aliphatic heterocycles. The van der Waals surface area contributed by atoms with Gasteiger partial charge in [-0.2, -0.15) is 0 Å². The summed E-state index contributed by atoms with van der Waals surface area (Å²) in [7, 11) is 0. The van der Waals surface area contributed by atoms with Gasteiger partial charge in [-0.25, -0.2) is 0 Å². The van der Waals surface area contributed by atoms with Gasteiger partial charge in [0.1, 0.15) is 0 Å². The fourth-order valence-corrected chi connectivity index (χ4v) is 2.04. The van der Waals surface area contributed by atoms with E-state index in [2.05, 4.69) is 11.2 Å². The van der Waals surface area contributed by atoms with Crippen LogP contribution >= 0.6 is 11.9 Å². The number of hydrogen-bond donors (Lipinski definition) is 0. The molecule has 1 aliphatic rings. The minimum absolute atomic E-state index is 1.31.